The van der Waals surface area contributed by atoms with Crippen molar-refractivity contribution in [3.63, 3.8) is 0 Å². The van der Waals surface area contributed by atoms with E-state index in [0.29, 0.717) is 18.7 Å². The van der Waals surface area contributed by atoms with E-state index in [1.54, 1.807) is 17.0 Å². The van der Waals surface area contributed by atoms with Gasteiger partial charge in [-0.15, -0.1) is 0 Å². The molecule has 2 heterocycles. The van der Waals surface area contributed by atoms with Crippen LogP contribution in [-0.4, -0.2) is 27.6 Å². The summed E-state index contributed by atoms with van der Waals surface area (Å²) in [7, 11) is 0. The van der Waals surface area contributed by atoms with Crippen LogP contribution in [0.15, 0.2) is 51.5 Å². The van der Waals surface area contributed by atoms with E-state index in [9.17, 15) is 13.6 Å². The molecule has 4 rings (SSSR count). The second kappa shape index (κ2) is 7.67. The molecule has 1 aliphatic heterocycles. The second-order valence-electron chi connectivity index (χ2n) is 6.37. The molecule has 0 saturated carbocycles. The van der Waals surface area contributed by atoms with Gasteiger partial charge in [0.25, 0.3) is 0 Å². The van der Waals surface area contributed by atoms with Gasteiger partial charge in [-0.1, -0.05) is 21.1 Å². The van der Waals surface area contributed by atoms with Crippen LogP contribution in [0.2, 0.25) is 0 Å². The third-order valence-electron chi connectivity index (χ3n) is 4.51. The minimum Gasteiger partial charge on any atom is -0.337 e. The van der Waals surface area contributed by atoms with E-state index in [0.717, 1.165) is 23.0 Å². The maximum absolute atomic E-state index is 14.0. The molecule has 0 radical (unpaired) electrons. The van der Waals surface area contributed by atoms with Crippen LogP contribution in [0.3, 0.4) is 0 Å². The van der Waals surface area contributed by atoms with Gasteiger partial charge in [-0.25, -0.2) is 13.6 Å². The largest absolute Gasteiger partial charge is 0.337 e. The Balaban J connectivity index is 1.53. The summed E-state index contributed by atoms with van der Waals surface area (Å²) in [6.07, 6.45) is 1.43. The van der Waals surface area contributed by atoms with Gasteiger partial charge >= 0.3 is 6.03 Å². The maximum atomic E-state index is 14.0. The first kappa shape index (κ1) is 18.5. The lowest BCUT2D eigenvalue weighted by molar-refractivity contribution is 0.193. The fourth-order valence-electron chi connectivity index (χ4n) is 3.15. The fraction of sp³-hybridized carbons (Fsp3) is 0.211. The molecule has 1 aromatic heterocycles. The van der Waals surface area contributed by atoms with Crippen LogP contribution in [0.25, 0.3) is 11.4 Å². The number of nitrogens with one attached hydrogen (secondary N) is 1. The number of benzene rings is 2. The van der Waals surface area contributed by atoms with E-state index >= 15 is 0 Å². The van der Waals surface area contributed by atoms with Crippen LogP contribution >= 0.6 is 15.9 Å². The lowest BCUT2D eigenvalue weighted by Crippen LogP contribution is -2.34. The topological polar surface area (TPSA) is 71.3 Å². The Hall–Kier alpha value is -2.81. The van der Waals surface area contributed by atoms with Gasteiger partial charge in [0.05, 0.1) is 5.56 Å². The van der Waals surface area contributed by atoms with Crippen LogP contribution in [-0.2, 0) is 0 Å². The SMILES string of the molecule is O=C(Nc1ccc(Br)cc1)N1CCC[C@@H]1c1nc(-c2ccc(F)cc2F)no1. The number of rotatable bonds is 3. The summed E-state index contributed by atoms with van der Waals surface area (Å²) >= 11 is 3.35. The molecular weight excluding hydrogens is 434 g/mol. The molecular formula is C19H15BrF2N4O2. The molecule has 9 heteroatoms. The second-order valence-corrected chi connectivity index (χ2v) is 7.28. The van der Waals surface area contributed by atoms with E-state index in [2.05, 4.69) is 31.4 Å². The number of halogens is 3. The van der Waals surface area contributed by atoms with Gasteiger partial charge < -0.3 is 14.7 Å². The minimum absolute atomic E-state index is 0.0210. The highest BCUT2D eigenvalue weighted by Crippen LogP contribution is 2.33. The van der Waals surface area contributed by atoms with Gasteiger partial charge in [-0.2, -0.15) is 4.98 Å². The summed E-state index contributed by atoms with van der Waals surface area (Å²) in [6, 6.07) is 9.70. The summed E-state index contributed by atoms with van der Waals surface area (Å²) in [4.78, 5) is 18.5. The molecule has 0 unspecified atom stereocenters. The normalized spacial score (nSPS) is 16.4. The monoisotopic (exact) mass is 448 g/mol. The van der Waals surface area contributed by atoms with Crippen LogP contribution < -0.4 is 5.32 Å². The third kappa shape index (κ3) is 3.75. The highest BCUT2D eigenvalue weighted by Gasteiger charge is 2.34. The zero-order valence-corrected chi connectivity index (χ0v) is 16.1. The summed E-state index contributed by atoms with van der Waals surface area (Å²) in [6.45, 7) is 0.537. The predicted molar refractivity (Wildman–Crippen MR) is 101 cm³/mol. The first-order valence-corrected chi connectivity index (χ1v) is 9.43. The third-order valence-corrected chi connectivity index (χ3v) is 5.04. The summed E-state index contributed by atoms with van der Waals surface area (Å²) < 4.78 is 33.3. The van der Waals surface area contributed by atoms with E-state index in [-0.39, 0.29) is 23.3 Å². The number of urea groups is 1. The Morgan fingerprint density at radius 2 is 2.00 bits per heavy atom. The highest BCUT2D eigenvalue weighted by atomic mass is 79.9. The smallest absolute Gasteiger partial charge is 0.322 e. The molecule has 1 N–H and O–H groups in total. The molecule has 3 aromatic rings. The molecule has 28 heavy (non-hydrogen) atoms. The average molecular weight is 449 g/mol. The van der Waals surface area contributed by atoms with Gasteiger partial charge in [0.1, 0.15) is 17.7 Å². The van der Waals surface area contributed by atoms with Crippen molar-refractivity contribution in [3.05, 3.63) is 64.5 Å². The van der Waals surface area contributed by atoms with Crippen LogP contribution in [0, 0.1) is 11.6 Å². The predicted octanol–water partition coefficient (Wildman–Crippen LogP) is 5.15. The number of carbonyl (C=O) groups excluding carboxylic acids is 1. The molecule has 0 spiro atoms. The quantitative estimate of drug-likeness (QED) is 0.601. The number of carbonyl (C=O) groups is 1. The average Bonchev–Trinajstić information content (AvgIpc) is 3.32. The number of likely N-dealkylation sites (tertiary alicyclic amines) is 1. The van der Waals surface area contributed by atoms with Gasteiger partial charge in [-0.3, -0.25) is 0 Å². The summed E-state index contributed by atoms with van der Waals surface area (Å²) in [5.74, 6) is -1.21. The van der Waals surface area contributed by atoms with Gasteiger partial charge in [0.2, 0.25) is 11.7 Å². The first-order chi connectivity index (χ1) is 13.5. The van der Waals surface area contributed by atoms with Crippen molar-refractivity contribution in [2.75, 3.05) is 11.9 Å². The number of hydrogen-bond acceptors (Lipinski definition) is 4. The number of anilines is 1. The zero-order valence-electron chi connectivity index (χ0n) is 14.5. The summed E-state index contributed by atoms with van der Waals surface area (Å²) in [5.41, 5.74) is 0.707. The van der Waals surface area contributed by atoms with Crippen molar-refractivity contribution in [1.29, 1.82) is 0 Å². The lowest BCUT2D eigenvalue weighted by atomic mass is 10.2. The van der Waals surface area contributed by atoms with E-state index in [1.165, 1.54) is 6.07 Å². The minimum atomic E-state index is -0.774. The number of amides is 2. The number of hydrogen-bond donors (Lipinski definition) is 1. The van der Waals surface area contributed by atoms with Crippen molar-refractivity contribution in [2.45, 2.75) is 18.9 Å². The van der Waals surface area contributed by atoms with Gasteiger partial charge in [-0.05, 0) is 49.2 Å². The zero-order chi connectivity index (χ0) is 19.7. The Kier molecular flexibility index (Phi) is 5.08. The van der Waals surface area contributed by atoms with Crippen molar-refractivity contribution < 1.29 is 18.1 Å². The molecule has 1 aliphatic rings. The van der Waals surface area contributed by atoms with Crippen LogP contribution in [0.1, 0.15) is 24.8 Å². The summed E-state index contributed by atoms with van der Waals surface area (Å²) in [5, 5.41) is 6.64. The Morgan fingerprint density at radius 3 is 2.75 bits per heavy atom. The molecule has 144 valence electrons. The molecule has 1 fully saturated rings. The molecule has 1 saturated heterocycles. The molecule has 0 aliphatic carbocycles. The fourth-order valence-corrected chi connectivity index (χ4v) is 3.41. The Labute approximate surface area is 167 Å². The van der Waals surface area contributed by atoms with Gasteiger partial charge in [0.15, 0.2) is 0 Å². The molecule has 2 amide bonds. The van der Waals surface area contributed by atoms with Crippen LogP contribution in [0.5, 0.6) is 0 Å². The molecule has 1 atom stereocenters. The Morgan fingerprint density at radius 1 is 1.21 bits per heavy atom. The van der Waals surface area contributed by atoms with Crippen molar-refractivity contribution in [2.24, 2.45) is 0 Å². The standard InChI is InChI=1S/C19H15BrF2N4O2/c20-11-3-6-13(7-4-11)23-19(27)26-9-1-2-16(26)18-24-17(25-28-18)14-8-5-12(21)10-15(14)22/h3-8,10,16H,1-2,9H2,(H,23,27)/t16-/m1/s1. The maximum Gasteiger partial charge on any atom is 0.322 e. The van der Waals surface area contributed by atoms with E-state index in [1.807, 2.05) is 12.1 Å². The Bertz CT molecular complexity index is 1010. The molecule has 2 aromatic carbocycles. The number of aromatic nitrogens is 2. The van der Waals surface area contributed by atoms with Crippen LogP contribution in [0.4, 0.5) is 19.3 Å². The number of nitrogens with zero attached hydrogens (tertiary/aromatic N) is 3. The molecule has 6 nitrogen and oxygen atoms in total. The molecule has 0 bridgehead atoms. The van der Waals surface area contributed by atoms with Crippen molar-refractivity contribution in [3.8, 4) is 11.4 Å². The highest BCUT2D eigenvalue weighted by molar-refractivity contribution is 9.10. The van der Waals surface area contributed by atoms with Crippen molar-refractivity contribution in [1.82, 2.24) is 15.0 Å². The first-order valence-electron chi connectivity index (χ1n) is 8.63. The lowest BCUT2D eigenvalue weighted by Gasteiger charge is -2.22. The van der Waals surface area contributed by atoms with E-state index < -0.39 is 17.7 Å². The van der Waals surface area contributed by atoms with Crippen molar-refractivity contribution >= 4 is 27.6 Å². The van der Waals surface area contributed by atoms with Gasteiger partial charge in [0, 0.05) is 22.8 Å². The van der Waals surface area contributed by atoms with E-state index in [4.69, 9.17) is 4.52 Å².